The van der Waals surface area contributed by atoms with Crippen LogP contribution in [-0.2, 0) is 5.41 Å². The van der Waals surface area contributed by atoms with Crippen LogP contribution in [0.3, 0.4) is 0 Å². The van der Waals surface area contributed by atoms with Crippen molar-refractivity contribution in [2.45, 2.75) is 5.41 Å². The molecule has 55 heavy (non-hydrogen) atoms. The van der Waals surface area contributed by atoms with Gasteiger partial charge in [-0.15, -0.1) is 0 Å². The largest absolute Gasteiger partial charge is 0.208 e. The first-order chi connectivity index (χ1) is 27.2. The van der Waals surface area contributed by atoms with Crippen molar-refractivity contribution in [3.05, 3.63) is 222 Å². The Labute approximate surface area is 319 Å². The van der Waals surface area contributed by atoms with Crippen LogP contribution in [0.5, 0.6) is 0 Å². The Hall–Kier alpha value is -7.48. The molecule has 0 unspecified atom stereocenters. The summed E-state index contributed by atoms with van der Waals surface area (Å²) in [6, 6.07) is 70.1. The molecule has 4 heteroatoms. The predicted molar refractivity (Wildman–Crippen MR) is 221 cm³/mol. The van der Waals surface area contributed by atoms with Crippen molar-refractivity contribution in [3.8, 4) is 62.5 Å². The van der Waals surface area contributed by atoms with Crippen molar-refractivity contribution in [3.63, 3.8) is 0 Å². The smallest absolute Gasteiger partial charge is 0.164 e. The summed E-state index contributed by atoms with van der Waals surface area (Å²) < 4.78 is 0. The number of nitriles is 1. The van der Waals surface area contributed by atoms with E-state index in [1.54, 1.807) is 0 Å². The molecule has 0 spiro atoms. The molecule has 0 saturated heterocycles. The van der Waals surface area contributed by atoms with Gasteiger partial charge in [-0.2, -0.15) is 5.26 Å². The molecular weight excluding hydrogens is 669 g/mol. The lowest BCUT2D eigenvalue weighted by atomic mass is 9.67. The molecule has 0 amide bonds. The minimum Gasteiger partial charge on any atom is -0.208 e. The first-order valence-corrected chi connectivity index (χ1v) is 18.4. The number of hydrogen-bond donors (Lipinski definition) is 0. The van der Waals surface area contributed by atoms with Crippen LogP contribution < -0.4 is 0 Å². The standard InChI is InChI=1S/C51H32N4/c52-33-34-21-23-35(24-22-34)38-25-26-39-30-45-44-28-27-40(50-54-48(36-13-5-1-6-14-36)53-49(55-50)37-15-7-2-8-16-37)31-46(44)51(42-17-9-3-10-18-42,43-19-11-4-12-20-43)47(45)32-41(39)29-38/h1-32H. The van der Waals surface area contributed by atoms with E-state index in [2.05, 4.69) is 115 Å². The van der Waals surface area contributed by atoms with Crippen LogP contribution in [-0.4, -0.2) is 15.0 Å². The molecule has 0 bridgehead atoms. The van der Waals surface area contributed by atoms with Crippen molar-refractivity contribution >= 4 is 10.8 Å². The van der Waals surface area contributed by atoms with Crippen LogP contribution in [0.4, 0.5) is 0 Å². The van der Waals surface area contributed by atoms with Crippen molar-refractivity contribution in [2.24, 2.45) is 0 Å². The van der Waals surface area contributed by atoms with Crippen molar-refractivity contribution < 1.29 is 0 Å². The molecule has 1 heterocycles. The molecule has 0 fully saturated rings. The van der Waals surface area contributed by atoms with E-state index in [0.29, 0.717) is 23.0 Å². The molecule has 0 N–H and O–H groups in total. The highest BCUT2D eigenvalue weighted by Crippen LogP contribution is 2.57. The zero-order valence-electron chi connectivity index (χ0n) is 29.8. The van der Waals surface area contributed by atoms with E-state index in [0.717, 1.165) is 33.2 Å². The topological polar surface area (TPSA) is 62.5 Å². The lowest BCUT2D eigenvalue weighted by Gasteiger charge is -2.34. The van der Waals surface area contributed by atoms with Crippen molar-refractivity contribution in [1.29, 1.82) is 5.26 Å². The van der Waals surface area contributed by atoms with E-state index in [1.165, 1.54) is 38.8 Å². The molecule has 10 rings (SSSR count). The van der Waals surface area contributed by atoms with Gasteiger partial charge in [-0.3, -0.25) is 0 Å². The van der Waals surface area contributed by atoms with Crippen LogP contribution in [0.15, 0.2) is 194 Å². The lowest BCUT2D eigenvalue weighted by Crippen LogP contribution is -2.28. The third kappa shape index (κ3) is 5.41. The summed E-state index contributed by atoms with van der Waals surface area (Å²) in [7, 11) is 0. The van der Waals surface area contributed by atoms with Gasteiger partial charge in [0.2, 0.25) is 0 Å². The number of rotatable bonds is 6. The third-order valence-corrected chi connectivity index (χ3v) is 10.8. The molecule has 0 atom stereocenters. The fourth-order valence-electron chi connectivity index (χ4n) is 8.22. The summed E-state index contributed by atoms with van der Waals surface area (Å²) in [5, 5.41) is 11.7. The highest BCUT2D eigenvalue weighted by Gasteiger charge is 2.46. The Kier molecular flexibility index (Phi) is 7.71. The summed E-state index contributed by atoms with van der Waals surface area (Å²) >= 11 is 0. The SMILES string of the molecule is N#Cc1ccc(-c2ccc3cc4c(cc3c2)C(c2ccccc2)(c2ccccc2)c2cc(-c3nc(-c5ccccc5)nc(-c5ccccc5)n3)ccc2-4)cc1. The fourth-order valence-corrected chi connectivity index (χ4v) is 8.22. The normalized spacial score (nSPS) is 12.5. The van der Waals surface area contributed by atoms with Crippen LogP contribution in [0.1, 0.15) is 27.8 Å². The highest BCUT2D eigenvalue weighted by atomic mass is 15.0. The summed E-state index contributed by atoms with van der Waals surface area (Å²) in [5.74, 6) is 1.89. The van der Waals surface area contributed by atoms with E-state index in [-0.39, 0.29) is 0 Å². The van der Waals surface area contributed by atoms with Gasteiger partial charge in [0.25, 0.3) is 0 Å². The highest BCUT2D eigenvalue weighted by molar-refractivity contribution is 5.98. The van der Waals surface area contributed by atoms with Crippen LogP contribution in [0.25, 0.3) is 67.2 Å². The minimum absolute atomic E-state index is 0.624. The zero-order valence-corrected chi connectivity index (χ0v) is 29.8. The Morgan fingerprint density at radius 3 is 1.42 bits per heavy atom. The van der Waals surface area contributed by atoms with Crippen LogP contribution in [0.2, 0.25) is 0 Å². The first kappa shape index (κ1) is 32.2. The second-order valence-corrected chi connectivity index (χ2v) is 13.9. The molecule has 0 radical (unpaired) electrons. The van der Waals surface area contributed by atoms with Gasteiger partial charge in [0.15, 0.2) is 17.5 Å². The van der Waals surface area contributed by atoms with Gasteiger partial charge in [0.05, 0.1) is 17.0 Å². The monoisotopic (exact) mass is 700 g/mol. The quantitative estimate of drug-likeness (QED) is 0.173. The Morgan fingerprint density at radius 2 is 0.855 bits per heavy atom. The van der Waals surface area contributed by atoms with E-state index >= 15 is 0 Å². The summed E-state index contributed by atoms with van der Waals surface area (Å²) in [6.07, 6.45) is 0. The minimum atomic E-state index is -0.626. The van der Waals surface area contributed by atoms with Gasteiger partial charge in [0, 0.05) is 16.7 Å². The molecule has 1 aromatic heterocycles. The Bertz CT molecular complexity index is 2800. The predicted octanol–water partition coefficient (Wildman–Crippen LogP) is 11.9. The molecule has 9 aromatic rings. The number of nitrogens with zero attached hydrogens (tertiary/aromatic N) is 4. The molecule has 256 valence electrons. The van der Waals surface area contributed by atoms with Gasteiger partial charge < -0.3 is 0 Å². The maximum Gasteiger partial charge on any atom is 0.164 e. The van der Waals surface area contributed by atoms with Crippen LogP contribution >= 0.6 is 0 Å². The summed E-state index contributed by atoms with van der Waals surface area (Å²) in [4.78, 5) is 15.2. The van der Waals surface area contributed by atoms with Gasteiger partial charge in [-0.05, 0) is 91.7 Å². The van der Waals surface area contributed by atoms with Crippen LogP contribution in [0, 0.1) is 11.3 Å². The molecule has 4 nitrogen and oxygen atoms in total. The zero-order chi connectivity index (χ0) is 36.8. The Morgan fingerprint density at radius 1 is 0.364 bits per heavy atom. The van der Waals surface area contributed by atoms with Gasteiger partial charge in [-0.25, -0.2) is 15.0 Å². The maximum atomic E-state index is 9.38. The van der Waals surface area contributed by atoms with Gasteiger partial charge in [-0.1, -0.05) is 158 Å². The molecule has 1 aliphatic rings. The van der Waals surface area contributed by atoms with Gasteiger partial charge >= 0.3 is 0 Å². The van der Waals surface area contributed by atoms with Crippen molar-refractivity contribution in [2.75, 3.05) is 0 Å². The van der Waals surface area contributed by atoms with E-state index in [4.69, 9.17) is 15.0 Å². The third-order valence-electron chi connectivity index (χ3n) is 10.8. The van der Waals surface area contributed by atoms with Crippen molar-refractivity contribution in [1.82, 2.24) is 15.0 Å². The molecule has 0 saturated carbocycles. The maximum absolute atomic E-state index is 9.38. The average molecular weight is 701 g/mol. The van der Waals surface area contributed by atoms with E-state index in [9.17, 15) is 5.26 Å². The fraction of sp³-hybridized carbons (Fsp3) is 0.0196. The first-order valence-electron chi connectivity index (χ1n) is 18.4. The number of benzene rings is 8. The second kappa shape index (κ2) is 13.2. The number of fused-ring (bicyclic) bond motifs is 4. The second-order valence-electron chi connectivity index (χ2n) is 13.9. The molecular formula is C51H32N4. The van der Waals surface area contributed by atoms with E-state index in [1.807, 2.05) is 84.9 Å². The lowest BCUT2D eigenvalue weighted by molar-refractivity contribution is 0.769. The molecule has 1 aliphatic carbocycles. The average Bonchev–Trinajstić information content (AvgIpc) is 3.55. The van der Waals surface area contributed by atoms with Gasteiger partial charge in [0.1, 0.15) is 0 Å². The molecule has 0 aliphatic heterocycles. The Balaban J connectivity index is 1.23. The number of aromatic nitrogens is 3. The van der Waals surface area contributed by atoms with E-state index < -0.39 is 5.41 Å². The summed E-state index contributed by atoms with van der Waals surface area (Å²) in [5.41, 5.74) is 12.2. The summed E-state index contributed by atoms with van der Waals surface area (Å²) in [6.45, 7) is 0. The number of hydrogen-bond acceptors (Lipinski definition) is 4. The molecule has 8 aromatic carbocycles.